The van der Waals surface area contributed by atoms with E-state index in [9.17, 15) is 0 Å². The van der Waals surface area contributed by atoms with Crippen LogP contribution in [-0.2, 0) is 6.54 Å². The Bertz CT molecular complexity index is 1780. The van der Waals surface area contributed by atoms with Gasteiger partial charge in [0, 0.05) is 22.4 Å². The molecule has 0 aromatic heterocycles. The maximum atomic E-state index is 3.85. The van der Waals surface area contributed by atoms with E-state index in [0.29, 0.717) is 6.54 Å². The highest BCUT2D eigenvalue weighted by Gasteiger charge is 2.18. The summed E-state index contributed by atoms with van der Waals surface area (Å²) in [6.07, 6.45) is 0. The van der Waals surface area contributed by atoms with Gasteiger partial charge < -0.3 is 4.90 Å². The van der Waals surface area contributed by atoms with Gasteiger partial charge in [-0.3, -0.25) is 0 Å². The number of rotatable bonds is 8. The zero-order chi connectivity index (χ0) is 30.4. The second-order valence-corrected chi connectivity index (χ2v) is 12.0. The highest BCUT2D eigenvalue weighted by Crippen LogP contribution is 2.40. The Hall–Kier alpha value is -5.18. The number of hydrogen-bond acceptors (Lipinski definition) is 1. The van der Waals surface area contributed by atoms with Crippen LogP contribution in [0.4, 0.5) is 11.4 Å². The highest BCUT2D eigenvalue weighted by atomic mass is 79.9. The fourth-order valence-corrected chi connectivity index (χ4v) is 6.26. The van der Waals surface area contributed by atoms with Crippen molar-refractivity contribution in [2.45, 2.75) is 6.54 Å². The van der Waals surface area contributed by atoms with Gasteiger partial charge >= 0.3 is 0 Å². The van der Waals surface area contributed by atoms with E-state index in [1.807, 2.05) is 0 Å². The van der Waals surface area contributed by atoms with E-state index in [1.165, 1.54) is 50.1 Å². The maximum Gasteiger partial charge on any atom is 0.0492 e. The Morgan fingerprint density at radius 1 is 0.333 bits per heavy atom. The Labute approximate surface area is 274 Å². The largest absolute Gasteiger partial charge is 0.337 e. The molecule has 0 radical (unpaired) electrons. The second-order valence-electron chi connectivity index (χ2n) is 11.2. The third-order valence-corrected chi connectivity index (χ3v) is 8.95. The molecule has 7 aromatic rings. The average Bonchev–Trinajstić information content (AvgIpc) is 3.12. The van der Waals surface area contributed by atoms with Crippen LogP contribution in [0.5, 0.6) is 0 Å². The summed E-state index contributed by atoms with van der Waals surface area (Å²) in [5.74, 6) is 0. The van der Waals surface area contributed by atoms with Gasteiger partial charge in [0.2, 0.25) is 0 Å². The minimum atomic E-state index is 0.695. The van der Waals surface area contributed by atoms with Crippen molar-refractivity contribution in [3.05, 3.63) is 192 Å². The molecule has 0 saturated carbocycles. The Kier molecular flexibility index (Phi) is 8.39. The van der Waals surface area contributed by atoms with Crippen LogP contribution in [0, 0.1) is 0 Å². The van der Waals surface area contributed by atoms with E-state index < -0.39 is 0 Å². The molecule has 0 aliphatic rings. The molecule has 7 rings (SSSR count). The summed E-state index contributed by atoms with van der Waals surface area (Å²) >= 11 is 3.85. The molecule has 0 aliphatic carbocycles. The van der Waals surface area contributed by atoms with Crippen molar-refractivity contribution in [2.24, 2.45) is 0 Å². The molecule has 45 heavy (non-hydrogen) atoms. The predicted molar refractivity (Wildman–Crippen MR) is 195 cm³/mol. The minimum absolute atomic E-state index is 0.695. The minimum Gasteiger partial charge on any atom is -0.337 e. The molecular formula is C43H32BrN. The van der Waals surface area contributed by atoms with Crippen molar-refractivity contribution in [1.29, 1.82) is 0 Å². The molecule has 7 aromatic carbocycles. The van der Waals surface area contributed by atoms with Gasteiger partial charge in [-0.05, 0) is 92.5 Å². The van der Waals surface area contributed by atoms with Gasteiger partial charge in [-0.15, -0.1) is 0 Å². The van der Waals surface area contributed by atoms with Crippen molar-refractivity contribution in [3.8, 4) is 44.5 Å². The molecule has 0 aliphatic heterocycles. The number of nitrogens with zero attached hydrogens (tertiary/aromatic N) is 1. The van der Waals surface area contributed by atoms with Gasteiger partial charge in [0.1, 0.15) is 0 Å². The van der Waals surface area contributed by atoms with E-state index in [2.05, 4.69) is 203 Å². The van der Waals surface area contributed by atoms with Gasteiger partial charge in [-0.1, -0.05) is 155 Å². The first-order valence-electron chi connectivity index (χ1n) is 15.2. The lowest BCUT2D eigenvalue weighted by Crippen LogP contribution is -2.17. The average molecular weight is 643 g/mol. The molecular weight excluding hydrogens is 610 g/mol. The molecule has 0 atom stereocenters. The highest BCUT2D eigenvalue weighted by molar-refractivity contribution is 9.10. The lowest BCUT2D eigenvalue weighted by atomic mass is 9.95. The first kappa shape index (κ1) is 28.6. The Morgan fingerprint density at radius 3 is 0.978 bits per heavy atom. The van der Waals surface area contributed by atoms with Gasteiger partial charge in [-0.2, -0.15) is 0 Å². The van der Waals surface area contributed by atoms with Crippen LogP contribution < -0.4 is 4.90 Å². The van der Waals surface area contributed by atoms with Crippen LogP contribution in [0.25, 0.3) is 44.5 Å². The first-order chi connectivity index (χ1) is 22.2. The topological polar surface area (TPSA) is 3.24 Å². The van der Waals surface area contributed by atoms with Crippen LogP contribution >= 0.6 is 15.9 Å². The molecule has 0 N–H and O–H groups in total. The lowest BCUT2D eigenvalue weighted by Gasteiger charge is -2.28. The maximum absolute atomic E-state index is 3.85. The van der Waals surface area contributed by atoms with Crippen molar-refractivity contribution in [3.63, 3.8) is 0 Å². The molecule has 0 bridgehead atoms. The van der Waals surface area contributed by atoms with Crippen molar-refractivity contribution >= 4 is 27.3 Å². The summed E-state index contributed by atoms with van der Waals surface area (Å²) in [6, 6.07) is 65.1. The van der Waals surface area contributed by atoms with Crippen molar-refractivity contribution in [1.82, 2.24) is 0 Å². The SMILES string of the molecule is Brc1ccccc1CN(c1cc(-c2ccccc2)cc(-c2ccccc2)c1)c1cc(-c2ccccc2)cc(-c2ccccc2)c1. The molecule has 0 amide bonds. The molecule has 0 spiro atoms. The Morgan fingerprint density at radius 2 is 0.644 bits per heavy atom. The summed E-state index contributed by atoms with van der Waals surface area (Å²) < 4.78 is 1.10. The number of halogens is 1. The van der Waals surface area contributed by atoms with Crippen molar-refractivity contribution < 1.29 is 0 Å². The molecule has 0 unspecified atom stereocenters. The zero-order valence-electron chi connectivity index (χ0n) is 24.9. The molecule has 0 fully saturated rings. The number of hydrogen-bond donors (Lipinski definition) is 0. The molecule has 0 saturated heterocycles. The van der Waals surface area contributed by atoms with Gasteiger partial charge in [0.15, 0.2) is 0 Å². The van der Waals surface area contributed by atoms with Crippen LogP contribution in [0.15, 0.2) is 186 Å². The first-order valence-corrected chi connectivity index (χ1v) is 16.0. The van der Waals surface area contributed by atoms with E-state index in [4.69, 9.17) is 0 Å². The summed E-state index contributed by atoms with van der Waals surface area (Å²) in [7, 11) is 0. The summed E-state index contributed by atoms with van der Waals surface area (Å²) in [4.78, 5) is 2.46. The quantitative estimate of drug-likeness (QED) is 0.159. The Balaban J connectivity index is 1.47. The molecule has 0 heterocycles. The fourth-order valence-electron chi connectivity index (χ4n) is 5.85. The van der Waals surface area contributed by atoms with Gasteiger partial charge in [0.05, 0.1) is 0 Å². The molecule has 2 heteroatoms. The third-order valence-electron chi connectivity index (χ3n) is 8.17. The summed E-state index contributed by atoms with van der Waals surface area (Å²) in [5, 5.41) is 0. The fraction of sp³-hybridized carbons (Fsp3) is 0.0233. The van der Waals surface area contributed by atoms with E-state index in [-0.39, 0.29) is 0 Å². The second kappa shape index (κ2) is 13.2. The third kappa shape index (κ3) is 6.52. The zero-order valence-corrected chi connectivity index (χ0v) is 26.4. The monoisotopic (exact) mass is 641 g/mol. The van der Waals surface area contributed by atoms with Crippen LogP contribution in [0.1, 0.15) is 5.56 Å². The van der Waals surface area contributed by atoms with Crippen LogP contribution in [0.3, 0.4) is 0 Å². The smallest absolute Gasteiger partial charge is 0.0492 e. The normalized spacial score (nSPS) is 10.9. The van der Waals surface area contributed by atoms with Gasteiger partial charge in [0.25, 0.3) is 0 Å². The standard InChI is InChI=1S/C43H32BrN/c44-43-24-14-13-23-36(43)31-45(41-27-37(32-15-5-1-6-16-32)25-38(28-41)33-17-7-2-8-18-33)42-29-39(34-19-9-3-10-20-34)26-40(30-42)35-21-11-4-12-22-35/h1-30H,31H2. The van der Waals surface area contributed by atoms with E-state index >= 15 is 0 Å². The molecule has 1 nitrogen and oxygen atoms in total. The van der Waals surface area contributed by atoms with Crippen LogP contribution in [-0.4, -0.2) is 0 Å². The predicted octanol–water partition coefficient (Wildman–Crippen LogP) is 12.5. The van der Waals surface area contributed by atoms with E-state index in [0.717, 1.165) is 15.8 Å². The van der Waals surface area contributed by atoms with Gasteiger partial charge in [-0.25, -0.2) is 0 Å². The summed E-state index contributed by atoms with van der Waals surface area (Å²) in [5.41, 5.74) is 13.0. The summed E-state index contributed by atoms with van der Waals surface area (Å²) in [6.45, 7) is 0.695. The number of anilines is 2. The lowest BCUT2D eigenvalue weighted by molar-refractivity contribution is 0.970. The van der Waals surface area contributed by atoms with Crippen molar-refractivity contribution in [2.75, 3.05) is 4.90 Å². The molecule has 216 valence electrons. The number of benzene rings is 7. The van der Waals surface area contributed by atoms with E-state index in [1.54, 1.807) is 0 Å². The van der Waals surface area contributed by atoms with Crippen LogP contribution in [0.2, 0.25) is 0 Å².